The first-order chi connectivity index (χ1) is 24.6. The van der Waals surface area contributed by atoms with Gasteiger partial charge in [-0.15, -0.1) is 45.3 Å². The molecule has 2 unspecified atom stereocenters. The van der Waals surface area contributed by atoms with E-state index in [1.54, 1.807) is 28.7 Å². The lowest BCUT2D eigenvalue weighted by atomic mass is 9.82. The van der Waals surface area contributed by atoms with E-state index in [0.717, 1.165) is 53.7 Å². The Kier molecular flexibility index (Phi) is 6.33. The summed E-state index contributed by atoms with van der Waals surface area (Å²) < 4.78 is 59.9. The standard InChI is InChI=1S/C40H22F4O4S4/c1-39(2)21-11-15(9-19-25-17(29(45)31(19)47)5-13(41)7-23(25)43)49-33(21)35-27(39)37-38(51-35)28-36(52-37)34-22(40(28,3)4)12-16(50-34)10-20-26-18(30(46)32(20)48)6-14(42)8-24(26)44/h5-12,17,25H,1-4H3/b19-9-,20-10-. The fraction of sp³-hybridized carbons (Fsp3) is 0.200. The number of Topliss-reactive ketones (excluding diaryl/α,β-unsaturated/α-hetero) is 4. The molecule has 0 spiro atoms. The summed E-state index contributed by atoms with van der Waals surface area (Å²) in [6.45, 7) is 8.62. The molecule has 258 valence electrons. The first kappa shape index (κ1) is 32.3. The smallest absolute Gasteiger partial charge is 0.234 e. The number of rotatable bonds is 2. The Labute approximate surface area is 309 Å². The third kappa shape index (κ3) is 3.96. The van der Waals surface area contributed by atoms with E-state index in [-0.39, 0.29) is 22.3 Å². The molecule has 1 fully saturated rings. The average Bonchev–Trinajstić information content (AvgIpc) is 3.92. The summed E-state index contributed by atoms with van der Waals surface area (Å²) in [7, 11) is 0. The number of hydrogen-bond donors (Lipinski definition) is 0. The zero-order valence-electron chi connectivity index (χ0n) is 27.6. The third-order valence-electron chi connectivity index (χ3n) is 11.0. The molecule has 0 aliphatic heterocycles. The van der Waals surface area contributed by atoms with E-state index in [9.17, 15) is 36.7 Å². The van der Waals surface area contributed by atoms with Crippen molar-refractivity contribution in [2.45, 2.75) is 38.5 Å². The van der Waals surface area contributed by atoms with Crippen LogP contribution in [0.25, 0.3) is 46.6 Å². The van der Waals surface area contributed by atoms with Gasteiger partial charge in [0.05, 0.1) is 31.0 Å². The van der Waals surface area contributed by atoms with Gasteiger partial charge in [-0.25, -0.2) is 17.6 Å². The summed E-state index contributed by atoms with van der Waals surface area (Å²) in [5, 5.41) is 0. The largest absolute Gasteiger partial charge is 0.290 e. The maximum Gasteiger partial charge on any atom is 0.234 e. The lowest BCUT2D eigenvalue weighted by Gasteiger charge is -2.20. The van der Waals surface area contributed by atoms with E-state index in [2.05, 4.69) is 27.7 Å². The van der Waals surface area contributed by atoms with Gasteiger partial charge in [-0.1, -0.05) is 27.7 Å². The Hall–Kier alpha value is -4.36. The van der Waals surface area contributed by atoms with Crippen LogP contribution >= 0.6 is 45.3 Å². The second kappa shape index (κ2) is 10.2. The van der Waals surface area contributed by atoms with E-state index in [1.807, 2.05) is 12.1 Å². The molecule has 4 nitrogen and oxygen atoms in total. The lowest BCUT2D eigenvalue weighted by Crippen LogP contribution is -2.17. The molecule has 0 amide bonds. The molecule has 0 bridgehead atoms. The summed E-state index contributed by atoms with van der Waals surface area (Å²) in [6.07, 6.45) is 4.89. The first-order valence-electron chi connectivity index (χ1n) is 16.3. The van der Waals surface area contributed by atoms with Crippen molar-refractivity contribution in [2.75, 3.05) is 0 Å². The van der Waals surface area contributed by atoms with Crippen LogP contribution in [0, 0.1) is 23.5 Å². The highest BCUT2D eigenvalue weighted by atomic mass is 32.1. The molecule has 1 saturated carbocycles. The normalized spacial score (nSPS) is 23.4. The topological polar surface area (TPSA) is 68.3 Å². The Morgan fingerprint density at radius 2 is 1.25 bits per heavy atom. The number of thiophene rings is 4. The highest BCUT2D eigenvalue weighted by Crippen LogP contribution is 2.65. The van der Waals surface area contributed by atoms with Crippen molar-refractivity contribution < 1.29 is 36.7 Å². The minimum atomic E-state index is -1.16. The number of halogens is 4. The van der Waals surface area contributed by atoms with Crippen molar-refractivity contribution in [3.63, 3.8) is 0 Å². The highest BCUT2D eigenvalue weighted by molar-refractivity contribution is 7.34. The van der Waals surface area contributed by atoms with Crippen LogP contribution in [0.15, 0.2) is 53.6 Å². The van der Waals surface area contributed by atoms with Gasteiger partial charge < -0.3 is 0 Å². The van der Waals surface area contributed by atoms with E-state index in [4.69, 9.17) is 0 Å². The molecule has 4 aromatic heterocycles. The number of benzene rings is 1. The molecule has 52 heavy (non-hydrogen) atoms. The van der Waals surface area contributed by atoms with Crippen LogP contribution in [0.1, 0.15) is 75.6 Å². The molecule has 0 N–H and O–H groups in total. The molecule has 10 rings (SSSR count). The Morgan fingerprint density at radius 1 is 0.673 bits per heavy atom. The SMILES string of the molecule is CC1(C)c2cc(/C=C3\C(=O)C(=O)c4cc(F)cc(F)c43)sc2-c2sc3c4c(sc3c21)-c1sc(/C=C2\C(=O)C(=O)C3C=C(F)C=C(F)C23)cc1C4(C)C. The van der Waals surface area contributed by atoms with E-state index in [1.165, 1.54) is 49.3 Å². The maximum absolute atomic E-state index is 14.9. The van der Waals surface area contributed by atoms with Crippen LogP contribution in [-0.4, -0.2) is 23.1 Å². The van der Waals surface area contributed by atoms with Crippen LogP contribution in [0.4, 0.5) is 17.6 Å². The van der Waals surface area contributed by atoms with Crippen molar-refractivity contribution in [3.05, 3.63) is 108 Å². The summed E-state index contributed by atoms with van der Waals surface area (Å²) in [6, 6.07) is 5.58. The molecule has 0 saturated heterocycles. The zero-order chi connectivity index (χ0) is 36.5. The number of carbonyl (C=O) groups excluding carboxylic acids is 4. The number of carbonyl (C=O) groups is 4. The zero-order valence-corrected chi connectivity index (χ0v) is 30.8. The van der Waals surface area contributed by atoms with Gasteiger partial charge in [0.15, 0.2) is 0 Å². The maximum atomic E-state index is 14.9. The van der Waals surface area contributed by atoms with Gasteiger partial charge in [0, 0.05) is 64.8 Å². The predicted octanol–water partition coefficient (Wildman–Crippen LogP) is 10.8. The second-order valence-electron chi connectivity index (χ2n) is 14.7. The molecular formula is C40H22F4O4S4. The van der Waals surface area contributed by atoms with Gasteiger partial charge >= 0.3 is 0 Å². The number of fused-ring (bicyclic) bond motifs is 11. The first-order valence-corrected chi connectivity index (χ1v) is 19.6. The Balaban J connectivity index is 1.05. The molecule has 2 atom stereocenters. The molecule has 5 aliphatic carbocycles. The minimum Gasteiger partial charge on any atom is -0.290 e. The molecule has 12 heteroatoms. The monoisotopic (exact) mass is 770 g/mol. The van der Waals surface area contributed by atoms with E-state index >= 15 is 0 Å². The third-order valence-corrected chi connectivity index (χ3v) is 16.1. The molecule has 5 aromatic rings. The summed E-state index contributed by atoms with van der Waals surface area (Å²) in [5.74, 6) is -9.17. The van der Waals surface area contributed by atoms with Crippen molar-refractivity contribution in [1.82, 2.24) is 0 Å². The number of allylic oxidation sites excluding steroid dienone is 6. The van der Waals surface area contributed by atoms with Gasteiger partial charge in [0.2, 0.25) is 23.1 Å². The van der Waals surface area contributed by atoms with Crippen LogP contribution < -0.4 is 0 Å². The fourth-order valence-electron chi connectivity index (χ4n) is 8.57. The molecule has 1 aromatic carbocycles. The van der Waals surface area contributed by atoms with Gasteiger partial charge in [-0.3, -0.25) is 19.2 Å². The summed E-state index contributed by atoms with van der Waals surface area (Å²) in [4.78, 5) is 56.9. The second-order valence-corrected chi connectivity index (χ2v) is 18.9. The minimum absolute atomic E-state index is 0.0467. The quantitative estimate of drug-likeness (QED) is 0.102. The van der Waals surface area contributed by atoms with Crippen LogP contribution in [0.2, 0.25) is 0 Å². The van der Waals surface area contributed by atoms with Gasteiger partial charge in [0.1, 0.15) is 23.3 Å². The van der Waals surface area contributed by atoms with Crippen molar-refractivity contribution >= 4 is 95.6 Å². The van der Waals surface area contributed by atoms with Crippen LogP contribution in [0.3, 0.4) is 0 Å². The Bertz CT molecular complexity index is 2770. The summed E-state index contributed by atoms with van der Waals surface area (Å²) in [5.41, 5.74) is 3.31. The summed E-state index contributed by atoms with van der Waals surface area (Å²) >= 11 is 6.41. The van der Waals surface area contributed by atoms with Crippen LogP contribution in [0.5, 0.6) is 0 Å². The van der Waals surface area contributed by atoms with Gasteiger partial charge in [-0.2, -0.15) is 0 Å². The number of hydrogen-bond acceptors (Lipinski definition) is 8. The van der Waals surface area contributed by atoms with Crippen molar-refractivity contribution in [2.24, 2.45) is 11.8 Å². The number of ketones is 4. The van der Waals surface area contributed by atoms with Crippen molar-refractivity contribution in [3.8, 4) is 19.5 Å². The molecule has 4 heterocycles. The Morgan fingerprint density at radius 3 is 1.85 bits per heavy atom. The highest BCUT2D eigenvalue weighted by Gasteiger charge is 2.50. The predicted molar refractivity (Wildman–Crippen MR) is 198 cm³/mol. The average molecular weight is 771 g/mol. The fourth-order valence-corrected chi connectivity index (χ4v) is 14.9. The van der Waals surface area contributed by atoms with Gasteiger partial charge in [0.25, 0.3) is 0 Å². The van der Waals surface area contributed by atoms with Gasteiger partial charge in [-0.05, 0) is 58.7 Å². The van der Waals surface area contributed by atoms with E-state index in [0.29, 0.717) is 10.9 Å². The molecular weight excluding hydrogens is 749 g/mol. The molecule has 0 radical (unpaired) electrons. The molecule has 5 aliphatic rings. The van der Waals surface area contributed by atoms with Crippen molar-refractivity contribution in [1.29, 1.82) is 0 Å². The lowest BCUT2D eigenvalue weighted by molar-refractivity contribution is -0.133. The van der Waals surface area contributed by atoms with E-state index < -0.39 is 69.1 Å². The van der Waals surface area contributed by atoms with Crippen LogP contribution in [-0.2, 0) is 25.2 Å².